The molecule has 0 spiro atoms. The second-order valence-electron chi connectivity index (χ2n) is 6.90. The summed E-state index contributed by atoms with van der Waals surface area (Å²) in [5.74, 6) is 0.539. The van der Waals surface area contributed by atoms with E-state index >= 15 is 0 Å². The molecule has 3 N–H and O–H groups in total. The van der Waals surface area contributed by atoms with Crippen molar-refractivity contribution in [3.63, 3.8) is 0 Å². The first-order valence-corrected chi connectivity index (χ1v) is 8.91. The summed E-state index contributed by atoms with van der Waals surface area (Å²) >= 11 is 0. The smallest absolute Gasteiger partial charge is 0.223 e. The van der Waals surface area contributed by atoms with Gasteiger partial charge in [0, 0.05) is 47.9 Å². The molecule has 27 heavy (non-hydrogen) atoms. The van der Waals surface area contributed by atoms with Gasteiger partial charge in [-0.05, 0) is 31.4 Å². The maximum atomic E-state index is 11.3. The summed E-state index contributed by atoms with van der Waals surface area (Å²) in [4.78, 5) is 27.1. The molecule has 1 saturated carbocycles. The van der Waals surface area contributed by atoms with Crippen molar-refractivity contribution in [2.75, 3.05) is 5.32 Å². The monoisotopic (exact) mass is 360 g/mol. The molecule has 7 nitrogen and oxygen atoms in total. The van der Waals surface area contributed by atoms with Crippen LogP contribution in [0.3, 0.4) is 0 Å². The Morgan fingerprint density at radius 1 is 1.33 bits per heavy atom. The van der Waals surface area contributed by atoms with Crippen LogP contribution in [0.5, 0.6) is 0 Å². The summed E-state index contributed by atoms with van der Waals surface area (Å²) in [5, 5.41) is 7.32. The Kier molecular flexibility index (Phi) is 4.24. The van der Waals surface area contributed by atoms with E-state index in [1.54, 1.807) is 0 Å². The molecular weight excluding hydrogens is 340 g/mol. The average Bonchev–Trinajstić information content (AvgIpc) is 3.07. The van der Waals surface area contributed by atoms with Crippen molar-refractivity contribution >= 4 is 28.4 Å². The molecule has 2 aromatic heterocycles. The number of hydrogen-bond donors (Lipinski definition) is 3. The van der Waals surface area contributed by atoms with Crippen LogP contribution in [-0.4, -0.2) is 32.9 Å². The van der Waals surface area contributed by atoms with E-state index in [9.17, 15) is 4.79 Å². The molecule has 3 aromatic rings. The van der Waals surface area contributed by atoms with E-state index in [0.29, 0.717) is 11.6 Å². The van der Waals surface area contributed by atoms with E-state index < -0.39 is 0 Å². The third kappa shape index (κ3) is 3.22. The Labute approximate surface area is 157 Å². The lowest BCUT2D eigenvalue weighted by atomic mass is 9.86. The van der Waals surface area contributed by atoms with Crippen LogP contribution in [0.15, 0.2) is 30.6 Å². The number of aromatic nitrogens is 3. The average molecular weight is 360 g/mol. The molecule has 136 valence electrons. The van der Waals surface area contributed by atoms with Gasteiger partial charge in [-0.3, -0.25) is 4.79 Å². The number of anilines is 1. The van der Waals surface area contributed by atoms with Crippen molar-refractivity contribution in [3.8, 4) is 11.3 Å². The summed E-state index contributed by atoms with van der Waals surface area (Å²) in [6, 6.07) is 5.87. The lowest BCUT2D eigenvalue weighted by Crippen LogP contribution is -2.53. The first-order valence-electron chi connectivity index (χ1n) is 8.91. The molecule has 0 unspecified atom stereocenters. The van der Waals surface area contributed by atoms with E-state index in [4.69, 9.17) is 11.6 Å². The number of nitrogens with one attached hydrogen (secondary N) is 3. The largest absolute Gasteiger partial charge is 0.362 e. The van der Waals surface area contributed by atoms with Gasteiger partial charge in [-0.1, -0.05) is 12.1 Å². The van der Waals surface area contributed by atoms with Gasteiger partial charge in [0.2, 0.25) is 11.9 Å². The topological polar surface area (TPSA) is 87.1 Å². The number of carbonyl (C=O) groups excluding carboxylic acids is 1. The second kappa shape index (κ2) is 6.72. The van der Waals surface area contributed by atoms with Crippen LogP contribution in [0.25, 0.3) is 27.0 Å². The number of aromatic amines is 1. The van der Waals surface area contributed by atoms with Crippen LogP contribution in [0.4, 0.5) is 11.6 Å². The number of amides is 1. The Morgan fingerprint density at radius 2 is 2.15 bits per heavy atom. The standard InChI is InChI=1S/C20H20N6O/c1-11-9-23-20(25-17-7-6-16(17)24-12(2)27)26-19(11)15-10-22-18-8-13(21-3)4-5-14(15)18/h4-5,8-10,16-17,22H,6-7H2,1-2H3,(H,24,27)(H,23,25,26)/t16-,17-/m0/s1. The van der Waals surface area contributed by atoms with Crippen LogP contribution in [0.2, 0.25) is 0 Å². The Balaban J connectivity index is 1.64. The van der Waals surface area contributed by atoms with Gasteiger partial charge in [0.25, 0.3) is 0 Å². The van der Waals surface area contributed by atoms with Crippen molar-refractivity contribution in [1.29, 1.82) is 0 Å². The maximum absolute atomic E-state index is 11.3. The second-order valence-corrected chi connectivity index (χ2v) is 6.90. The normalized spacial score (nSPS) is 18.6. The van der Waals surface area contributed by atoms with E-state index in [0.717, 1.165) is 40.6 Å². The molecule has 0 saturated heterocycles. The first kappa shape index (κ1) is 17.0. The summed E-state index contributed by atoms with van der Waals surface area (Å²) in [6.45, 7) is 10.7. The molecule has 2 heterocycles. The molecule has 7 heteroatoms. The molecular formula is C20H20N6O. The van der Waals surface area contributed by atoms with Gasteiger partial charge in [0.15, 0.2) is 5.69 Å². The predicted molar refractivity (Wildman–Crippen MR) is 105 cm³/mol. The van der Waals surface area contributed by atoms with E-state index in [1.165, 1.54) is 6.92 Å². The molecule has 1 aliphatic rings. The van der Waals surface area contributed by atoms with Gasteiger partial charge in [-0.15, -0.1) is 0 Å². The zero-order valence-corrected chi connectivity index (χ0v) is 15.2. The van der Waals surface area contributed by atoms with E-state index in [1.807, 2.05) is 37.5 Å². The van der Waals surface area contributed by atoms with Crippen LogP contribution < -0.4 is 10.6 Å². The van der Waals surface area contributed by atoms with E-state index in [-0.39, 0.29) is 18.0 Å². The van der Waals surface area contributed by atoms with E-state index in [2.05, 4.69) is 25.4 Å². The highest BCUT2D eigenvalue weighted by atomic mass is 16.1. The minimum absolute atomic E-state index is 0.0189. The highest BCUT2D eigenvalue weighted by Gasteiger charge is 2.32. The summed E-state index contributed by atoms with van der Waals surface area (Å²) < 4.78 is 0. The highest BCUT2D eigenvalue weighted by Crippen LogP contribution is 2.32. The molecule has 0 aliphatic heterocycles. The molecule has 1 amide bonds. The fourth-order valence-electron chi connectivity index (χ4n) is 3.44. The molecule has 0 radical (unpaired) electrons. The first-order chi connectivity index (χ1) is 13.0. The van der Waals surface area contributed by atoms with Gasteiger partial charge in [0.1, 0.15) is 0 Å². The van der Waals surface area contributed by atoms with Gasteiger partial charge >= 0.3 is 0 Å². The zero-order chi connectivity index (χ0) is 19.0. The molecule has 2 atom stereocenters. The zero-order valence-electron chi connectivity index (χ0n) is 15.2. The van der Waals surface area contributed by atoms with Crippen LogP contribution in [0.1, 0.15) is 25.3 Å². The van der Waals surface area contributed by atoms with Gasteiger partial charge < -0.3 is 15.6 Å². The van der Waals surface area contributed by atoms with Crippen LogP contribution in [-0.2, 0) is 4.79 Å². The lowest BCUT2D eigenvalue weighted by molar-refractivity contribution is -0.120. The van der Waals surface area contributed by atoms with Crippen LogP contribution >= 0.6 is 0 Å². The number of fused-ring (bicyclic) bond motifs is 1. The quantitative estimate of drug-likeness (QED) is 0.621. The predicted octanol–water partition coefficient (Wildman–Crippen LogP) is 3.56. The minimum Gasteiger partial charge on any atom is -0.362 e. The number of H-pyrrole nitrogens is 1. The van der Waals surface area contributed by atoms with Crippen LogP contribution in [0, 0.1) is 13.5 Å². The Morgan fingerprint density at radius 3 is 2.85 bits per heavy atom. The highest BCUT2D eigenvalue weighted by molar-refractivity contribution is 5.96. The van der Waals surface area contributed by atoms with Crippen molar-refractivity contribution in [3.05, 3.63) is 47.6 Å². The molecule has 1 aromatic carbocycles. The lowest BCUT2D eigenvalue weighted by Gasteiger charge is -2.37. The molecule has 1 aliphatic carbocycles. The van der Waals surface area contributed by atoms with Gasteiger partial charge in [0.05, 0.1) is 12.3 Å². The number of carbonyl (C=O) groups is 1. The summed E-state index contributed by atoms with van der Waals surface area (Å²) in [6.07, 6.45) is 5.66. The molecule has 0 bridgehead atoms. The summed E-state index contributed by atoms with van der Waals surface area (Å²) in [7, 11) is 0. The fraction of sp³-hybridized carbons (Fsp3) is 0.300. The fourth-order valence-corrected chi connectivity index (χ4v) is 3.44. The van der Waals surface area contributed by atoms with Crippen molar-refractivity contribution in [2.24, 2.45) is 0 Å². The number of aryl methyl sites for hydroxylation is 1. The Bertz CT molecular complexity index is 1060. The van der Waals surface area contributed by atoms with Gasteiger partial charge in [-0.2, -0.15) is 0 Å². The molecule has 4 rings (SSSR count). The third-order valence-corrected chi connectivity index (χ3v) is 5.00. The number of rotatable bonds is 4. The van der Waals surface area contributed by atoms with Crippen molar-refractivity contribution in [1.82, 2.24) is 20.3 Å². The maximum Gasteiger partial charge on any atom is 0.223 e. The molecule has 1 fully saturated rings. The number of nitrogens with zero attached hydrogens (tertiary/aromatic N) is 3. The minimum atomic E-state index is -0.0189. The summed E-state index contributed by atoms with van der Waals surface area (Å²) in [5.41, 5.74) is 4.33. The SMILES string of the molecule is [C-]#[N+]c1ccc2c(-c3nc(N[C@H]4CC[C@@H]4NC(C)=O)ncc3C)c[nH]c2c1. The van der Waals surface area contributed by atoms with Crippen molar-refractivity contribution < 1.29 is 4.79 Å². The number of benzene rings is 1. The van der Waals surface area contributed by atoms with Crippen molar-refractivity contribution in [2.45, 2.75) is 38.8 Å². The Hall–Kier alpha value is -3.40. The third-order valence-electron chi connectivity index (χ3n) is 5.00. The van der Waals surface area contributed by atoms with Gasteiger partial charge in [-0.25, -0.2) is 14.8 Å². The number of hydrogen-bond acceptors (Lipinski definition) is 4.